The van der Waals surface area contributed by atoms with Gasteiger partial charge in [0.25, 0.3) is 5.91 Å². The van der Waals surface area contributed by atoms with Gasteiger partial charge < -0.3 is 10.1 Å². The monoisotopic (exact) mass is 546 g/mol. The number of benzene rings is 3. The van der Waals surface area contributed by atoms with Gasteiger partial charge in [-0.05, 0) is 82.3 Å². The molecule has 0 aliphatic heterocycles. The van der Waals surface area contributed by atoms with Crippen LogP contribution in [0.25, 0.3) is 6.08 Å². The summed E-state index contributed by atoms with van der Waals surface area (Å²) in [6, 6.07) is 18.5. The van der Waals surface area contributed by atoms with E-state index in [0.717, 1.165) is 14.7 Å². The van der Waals surface area contributed by atoms with Crippen molar-refractivity contribution in [2.45, 2.75) is 6.42 Å². The predicted molar refractivity (Wildman–Crippen MR) is 129 cm³/mol. The van der Waals surface area contributed by atoms with Crippen LogP contribution in [-0.4, -0.2) is 13.0 Å². The second-order valence-electron chi connectivity index (χ2n) is 6.58. The summed E-state index contributed by atoms with van der Waals surface area (Å²) in [4.78, 5) is 12.5. The van der Waals surface area contributed by atoms with Gasteiger partial charge in [0.2, 0.25) is 0 Å². The number of ether oxygens (including phenoxy) is 1. The normalized spacial score (nSPS) is 11.0. The molecular weight excluding hydrogens is 530 g/mol. The maximum atomic E-state index is 13.0. The summed E-state index contributed by atoms with van der Waals surface area (Å²) in [5.41, 5.74) is 2.90. The number of methoxy groups -OCH3 is 1. The zero-order chi connectivity index (χ0) is 22.4. The number of carbonyl (C=O) groups excluding carboxylic acids is 1. The van der Waals surface area contributed by atoms with Gasteiger partial charge in [-0.25, -0.2) is 4.39 Å². The Hall–Kier alpha value is -2.89. The molecule has 0 unspecified atom stereocenters. The molecule has 0 saturated carbocycles. The summed E-state index contributed by atoms with van der Waals surface area (Å²) in [7, 11) is 1.57. The SMILES string of the molecule is COc1cc(/C=C(\C#N)C(=O)Nc2ccc(F)cc2)cc(I)c1Cc1ccccc1Cl. The molecule has 0 aliphatic carbocycles. The minimum Gasteiger partial charge on any atom is -0.496 e. The van der Waals surface area contributed by atoms with Crippen molar-refractivity contribution in [2.75, 3.05) is 12.4 Å². The second-order valence-corrected chi connectivity index (χ2v) is 8.15. The summed E-state index contributed by atoms with van der Waals surface area (Å²) >= 11 is 8.50. The van der Waals surface area contributed by atoms with Gasteiger partial charge in [-0.3, -0.25) is 4.79 Å². The third kappa shape index (κ3) is 5.84. The van der Waals surface area contributed by atoms with E-state index in [1.807, 2.05) is 36.4 Å². The number of carbonyl (C=O) groups is 1. The Morgan fingerprint density at radius 1 is 1.23 bits per heavy atom. The number of nitrogens with one attached hydrogen (secondary N) is 1. The van der Waals surface area contributed by atoms with E-state index >= 15 is 0 Å². The van der Waals surface area contributed by atoms with Gasteiger partial charge in [0.1, 0.15) is 23.2 Å². The van der Waals surface area contributed by atoms with Crippen molar-refractivity contribution in [2.24, 2.45) is 0 Å². The highest BCUT2D eigenvalue weighted by Gasteiger charge is 2.14. The zero-order valence-corrected chi connectivity index (χ0v) is 19.4. The molecule has 1 amide bonds. The van der Waals surface area contributed by atoms with Crippen molar-refractivity contribution >= 4 is 51.9 Å². The number of nitrogens with zero attached hydrogens (tertiary/aromatic N) is 1. The molecule has 3 rings (SSSR count). The molecular formula is C24H17ClFIN2O2. The minimum absolute atomic E-state index is 0.0824. The maximum absolute atomic E-state index is 13.0. The zero-order valence-electron chi connectivity index (χ0n) is 16.5. The van der Waals surface area contributed by atoms with Gasteiger partial charge in [0, 0.05) is 26.3 Å². The van der Waals surface area contributed by atoms with Crippen LogP contribution in [0.5, 0.6) is 5.75 Å². The van der Waals surface area contributed by atoms with Crippen molar-refractivity contribution in [1.82, 2.24) is 0 Å². The molecule has 31 heavy (non-hydrogen) atoms. The van der Waals surface area contributed by atoms with E-state index in [1.54, 1.807) is 13.2 Å². The van der Waals surface area contributed by atoms with E-state index in [2.05, 4.69) is 27.9 Å². The molecule has 0 aromatic heterocycles. The van der Waals surface area contributed by atoms with Gasteiger partial charge in [-0.15, -0.1) is 0 Å². The number of halogens is 3. The molecule has 0 radical (unpaired) electrons. The van der Waals surface area contributed by atoms with Crippen LogP contribution in [0.3, 0.4) is 0 Å². The highest BCUT2D eigenvalue weighted by molar-refractivity contribution is 14.1. The van der Waals surface area contributed by atoms with E-state index in [4.69, 9.17) is 16.3 Å². The number of anilines is 1. The average molecular weight is 547 g/mol. The topological polar surface area (TPSA) is 62.1 Å². The minimum atomic E-state index is -0.580. The average Bonchev–Trinajstić information content (AvgIpc) is 2.76. The Kier molecular flexibility index (Phi) is 7.66. The Morgan fingerprint density at radius 3 is 2.58 bits per heavy atom. The molecule has 0 bridgehead atoms. The fraction of sp³-hybridized carbons (Fsp3) is 0.0833. The van der Waals surface area contributed by atoms with Crippen LogP contribution in [0.1, 0.15) is 16.7 Å². The molecule has 0 saturated heterocycles. The first kappa shape index (κ1) is 22.8. The molecule has 0 atom stereocenters. The van der Waals surface area contributed by atoms with Gasteiger partial charge in [0.05, 0.1) is 7.11 Å². The Morgan fingerprint density at radius 2 is 1.94 bits per heavy atom. The Labute approximate surface area is 198 Å². The van der Waals surface area contributed by atoms with Crippen molar-refractivity contribution in [3.8, 4) is 11.8 Å². The third-order valence-electron chi connectivity index (χ3n) is 4.50. The Bertz CT molecular complexity index is 1190. The molecule has 0 heterocycles. The van der Waals surface area contributed by atoms with Gasteiger partial charge in [-0.1, -0.05) is 29.8 Å². The summed E-state index contributed by atoms with van der Waals surface area (Å²) < 4.78 is 19.5. The van der Waals surface area contributed by atoms with Gasteiger partial charge >= 0.3 is 0 Å². The van der Waals surface area contributed by atoms with E-state index in [9.17, 15) is 14.4 Å². The lowest BCUT2D eigenvalue weighted by Gasteiger charge is -2.13. The van der Waals surface area contributed by atoms with Gasteiger partial charge in [-0.2, -0.15) is 5.26 Å². The highest BCUT2D eigenvalue weighted by Crippen LogP contribution is 2.31. The van der Waals surface area contributed by atoms with E-state index in [0.29, 0.717) is 28.4 Å². The quantitative estimate of drug-likeness (QED) is 0.227. The summed E-state index contributed by atoms with van der Waals surface area (Å²) in [6.07, 6.45) is 2.07. The van der Waals surface area contributed by atoms with Crippen molar-refractivity contribution in [3.05, 3.63) is 97.3 Å². The number of nitriles is 1. The third-order valence-corrected chi connectivity index (χ3v) is 5.83. The first-order valence-electron chi connectivity index (χ1n) is 9.19. The van der Waals surface area contributed by atoms with Crippen LogP contribution in [0.15, 0.2) is 66.2 Å². The van der Waals surface area contributed by atoms with Crippen LogP contribution in [0.2, 0.25) is 5.02 Å². The molecule has 156 valence electrons. The molecule has 3 aromatic rings. The summed E-state index contributed by atoms with van der Waals surface area (Å²) in [5.74, 6) is -0.356. The van der Waals surface area contributed by atoms with Crippen LogP contribution in [-0.2, 0) is 11.2 Å². The van der Waals surface area contributed by atoms with E-state index < -0.39 is 11.7 Å². The van der Waals surface area contributed by atoms with Crippen LogP contribution >= 0.6 is 34.2 Å². The molecule has 0 spiro atoms. The van der Waals surface area contributed by atoms with E-state index in [-0.39, 0.29) is 5.57 Å². The first-order chi connectivity index (χ1) is 14.9. The predicted octanol–water partition coefficient (Wildman–Crippen LogP) is 6.23. The van der Waals surface area contributed by atoms with Crippen molar-refractivity contribution < 1.29 is 13.9 Å². The molecule has 1 N–H and O–H groups in total. The smallest absolute Gasteiger partial charge is 0.266 e. The number of rotatable bonds is 6. The fourth-order valence-electron chi connectivity index (χ4n) is 2.95. The van der Waals surface area contributed by atoms with Crippen LogP contribution < -0.4 is 10.1 Å². The number of hydrogen-bond acceptors (Lipinski definition) is 3. The lowest BCUT2D eigenvalue weighted by molar-refractivity contribution is -0.112. The first-order valence-corrected chi connectivity index (χ1v) is 10.7. The molecule has 3 aromatic carbocycles. The van der Waals surface area contributed by atoms with Gasteiger partial charge in [0.15, 0.2) is 0 Å². The van der Waals surface area contributed by atoms with Crippen LogP contribution in [0.4, 0.5) is 10.1 Å². The summed E-state index contributed by atoms with van der Waals surface area (Å²) in [6.45, 7) is 0. The van der Waals surface area contributed by atoms with Crippen LogP contribution in [0, 0.1) is 20.7 Å². The summed E-state index contributed by atoms with van der Waals surface area (Å²) in [5, 5.41) is 12.7. The fourth-order valence-corrected chi connectivity index (χ4v) is 3.97. The lowest BCUT2D eigenvalue weighted by Crippen LogP contribution is -2.13. The Balaban J connectivity index is 1.89. The van der Waals surface area contributed by atoms with Crippen molar-refractivity contribution in [3.63, 3.8) is 0 Å². The highest BCUT2D eigenvalue weighted by atomic mass is 127. The molecule has 7 heteroatoms. The molecule has 0 aliphatic rings. The van der Waals surface area contributed by atoms with E-state index in [1.165, 1.54) is 30.3 Å². The lowest BCUT2D eigenvalue weighted by atomic mass is 10.0. The largest absolute Gasteiger partial charge is 0.496 e. The second kappa shape index (κ2) is 10.4. The number of amides is 1. The standard InChI is InChI=1S/C24H17ClFIN2O2/c1-31-23-12-15(11-22(27)20(23)13-16-4-2-3-5-21(16)25)10-17(14-28)24(30)29-19-8-6-18(26)7-9-19/h2-12H,13H2,1H3,(H,29,30)/b17-10+. The van der Waals surface area contributed by atoms with Crippen molar-refractivity contribution in [1.29, 1.82) is 5.26 Å². The molecule has 0 fully saturated rings. The molecule has 4 nitrogen and oxygen atoms in total. The number of hydrogen-bond donors (Lipinski definition) is 1. The maximum Gasteiger partial charge on any atom is 0.266 e.